The van der Waals surface area contributed by atoms with Gasteiger partial charge in [-0.05, 0) is 42.8 Å². The number of nitrogens with one attached hydrogen (secondary N) is 1. The first-order chi connectivity index (χ1) is 13.5. The third-order valence-corrected chi connectivity index (χ3v) is 4.47. The highest BCUT2D eigenvalue weighted by Crippen LogP contribution is 2.27. The molecule has 2 aromatic rings. The molecule has 3 rings (SSSR count). The van der Waals surface area contributed by atoms with E-state index in [0.29, 0.717) is 35.1 Å². The average molecular weight is 403 g/mol. The van der Waals surface area contributed by atoms with Crippen molar-refractivity contribution in [2.75, 3.05) is 30.5 Å². The predicted molar refractivity (Wildman–Crippen MR) is 105 cm³/mol. The van der Waals surface area contributed by atoms with Crippen LogP contribution in [-0.4, -0.2) is 38.0 Å². The van der Waals surface area contributed by atoms with Gasteiger partial charge in [0.2, 0.25) is 5.91 Å². The summed E-state index contributed by atoms with van der Waals surface area (Å²) in [6.45, 7) is 0.155. The minimum absolute atomic E-state index is 0.0281. The summed E-state index contributed by atoms with van der Waals surface area (Å²) in [6.07, 6.45) is 1.29. The highest BCUT2D eigenvalue weighted by atomic mass is 35.5. The second-order valence-electron chi connectivity index (χ2n) is 6.17. The molecule has 0 spiro atoms. The van der Waals surface area contributed by atoms with Gasteiger partial charge in [-0.2, -0.15) is 0 Å². The minimum atomic E-state index is -0.651. The molecule has 146 valence electrons. The Morgan fingerprint density at radius 3 is 2.75 bits per heavy atom. The standard InChI is InChI=1S/C20H19ClN2O5/c1-27-17-8-7-14(21)11-16(17)22-18(24)12-28-20(26)13-4-2-5-15(10-13)23-9-3-6-19(23)25/h2,4-5,7-8,10-11H,3,6,9,12H2,1H3,(H,22,24). The third-order valence-electron chi connectivity index (χ3n) is 4.24. The molecular weight excluding hydrogens is 384 g/mol. The smallest absolute Gasteiger partial charge is 0.338 e. The first-order valence-corrected chi connectivity index (χ1v) is 9.06. The van der Waals surface area contributed by atoms with Crippen molar-refractivity contribution in [1.29, 1.82) is 0 Å². The number of esters is 1. The van der Waals surface area contributed by atoms with Crippen molar-refractivity contribution in [3.05, 3.63) is 53.1 Å². The van der Waals surface area contributed by atoms with E-state index < -0.39 is 18.5 Å². The Balaban J connectivity index is 1.60. The molecule has 0 aromatic heterocycles. The Morgan fingerprint density at radius 1 is 1.21 bits per heavy atom. The zero-order valence-corrected chi connectivity index (χ0v) is 16.0. The van der Waals surface area contributed by atoms with Crippen LogP contribution in [0.4, 0.5) is 11.4 Å². The quantitative estimate of drug-likeness (QED) is 0.749. The average Bonchev–Trinajstić information content (AvgIpc) is 3.12. The second-order valence-corrected chi connectivity index (χ2v) is 6.60. The van der Waals surface area contributed by atoms with Gasteiger partial charge in [0.25, 0.3) is 5.91 Å². The molecule has 0 atom stereocenters. The van der Waals surface area contributed by atoms with Gasteiger partial charge < -0.3 is 19.7 Å². The van der Waals surface area contributed by atoms with E-state index in [9.17, 15) is 14.4 Å². The number of halogens is 1. The number of rotatable bonds is 6. The van der Waals surface area contributed by atoms with Gasteiger partial charge >= 0.3 is 5.97 Å². The lowest BCUT2D eigenvalue weighted by atomic mass is 10.2. The maximum atomic E-state index is 12.3. The van der Waals surface area contributed by atoms with Gasteiger partial charge in [-0.1, -0.05) is 17.7 Å². The lowest BCUT2D eigenvalue weighted by molar-refractivity contribution is -0.119. The summed E-state index contributed by atoms with van der Waals surface area (Å²) < 4.78 is 10.2. The monoisotopic (exact) mass is 402 g/mol. The number of benzene rings is 2. The molecule has 0 unspecified atom stereocenters. The molecule has 1 aliphatic rings. The molecule has 1 saturated heterocycles. The number of methoxy groups -OCH3 is 1. The molecule has 2 amide bonds. The zero-order chi connectivity index (χ0) is 20.1. The van der Waals surface area contributed by atoms with Gasteiger partial charge in [-0.25, -0.2) is 4.79 Å². The molecule has 1 fully saturated rings. The molecule has 7 nitrogen and oxygen atoms in total. The normalized spacial score (nSPS) is 13.4. The number of amides is 2. The zero-order valence-electron chi connectivity index (χ0n) is 15.2. The number of hydrogen-bond donors (Lipinski definition) is 1. The van der Waals surface area contributed by atoms with E-state index in [1.54, 1.807) is 41.3 Å². The second kappa shape index (κ2) is 8.75. The van der Waals surface area contributed by atoms with Gasteiger partial charge in [0.1, 0.15) is 5.75 Å². The maximum Gasteiger partial charge on any atom is 0.338 e. The first-order valence-electron chi connectivity index (χ1n) is 8.69. The number of anilines is 2. The number of hydrogen-bond acceptors (Lipinski definition) is 5. The first kappa shape index (κ1) is 19.7. The van der Waals surface area contributed by atoms with E-state index in [4.69, 9.17) is 21.1 Å². The van der Waals surface area contributed by atoms with E-state index in [1.807, 2.05) is 0 Å². The van der Waals surface area contributed by atoms with Crippen molar-refractivity contribution in [1.82, 2.24) is 0 Å². The molecule has 2 aromatic carbocycles. The molecule has 0 saturated carbocycles. The SMILES string of the molecule is COc1ccc(Cl)cc1NC(=O)COC(=O)c1cccc(N2CCCC2=O)c1. The fourth-order valence-corrected chi connectivity index (χ4v) is 3.07. The Hall–Kier alpha value is -3.06. The van der Waals surface area contributed by atoms with Crippen molar-refractivity contribution in [3.63, 3.8) is 0 Å². The molecule has 28 heavy (non-hydrogen) atoms. The molecule has 8 heteroatoms. The van der Waals surface area contributed by atoms with Crippen LogP contribution in [0.3, 0.4) is 0 Å². The minimum Gasteiger partial charge on any atom is -0.495 e. The van der Waals surface area contributed by atoms with Crippen molar-refractivity contribution >= 4 is 40.8 Å². The van der Waals surface area contributed by atoms with Crippen molar-refractivity contribution in [3.8, 4) is 5.75 Å². The summed E-state index contributed by atoms with van der Waals surface area (Å²) >= 11 is 5.92. The van der Waals surface area contributed by atoms with Crippen molar-refractivity contribution < 1.29 is 23.9 Å². The van der Waals surface area contributed by atoms with E-state index >= 15 is 0 Å². The van der Waals surface area contributed by atoms with E-state index in [2.05, 4.69) is 5.32 Å². The number of ether oxygens (including phenoxy) is 2. The predicted octanol–water partition coefficient (Wildman–Crippen LogP) is 3.27. The molecule has 0 bridgehead atoms. The van der Waals surface area contributed by atoms with Crippen LogP contribution in [0, 0.1) is 0 Å². The highest BCUT2D eigenvalue weighted by Gasteiger charge is 2.22. The van der Waals surface area contributed by atoms with Crippen LogP contribution >= 0.6 is 11.6 Å². The van der Waals surface area contributed by atoms with Gasteiger partial charge in [-0.15, -0.1) is 0 Å². The Labute approximate surface area is 167 Å². The number of carbonyl (C=O) groups excluding carboxylic acids is 3. The highest BCUT2D eigenvalue weighted by molar-refractivity contribution is 6.31. The van der Waals surface area contributed by atoms with Crippen molar-refractivity contribution in [2.24, 2.45) is 0 Å². The maximum absolute atomic E-state index is 12.3. The Kier molecular flexibility index (Phi) is 6.16. The largest absolute Gasteiger partial charge is 0.495 e. The molecule has 1 aliphatic heterocycles. The molecule has 1 N–H and O–H groups in total. The summed E-state index contributed by atoms with van der Waals surface area (Å²) in [5.41, 5.74) is 1.29. The third kappa shape index (κ3) is 4.61. The summed E-state index contributed by atoms with van der Waals surface area (Å²) in [4.78, 5) is 37.9. The Bertz CT molecular complexity index is 915. The molecule has 0 aliphatic carbocycles. The van der Waals surface area contributed by atoms with E-state index in [0.717, 1.165) is 6.42 Å². The van der Waals surface area contributed by atoms with Crippen LogP contribution in [-0.2, 0) is 14.3 Å². The lowest BCUT2D eigenvalue weighted by Gasteiger charge is -2.16. The number of carbonyl (C=O) groups is 3. The van der Waals surface area contributed by atoms with Crippen LogP contribution in [0.1, 0.15) is 23.2 Å². The summed E-state index contributed by atoms with van der Waals surface area (Å²) in [5, 5.41) is 3.02. The lowest BCUT2D eigenvalue weighted by Crippen LogP contribution is -2.24. The summed E-state index contributed by atoms with van der Waals surface area (Å²) in [5.74, 6) is -0.714. The van der Waals surface area contributed by atoms with Crippen LogP contribution in [0.2, 0.25) is 5.02 Å². The van der Waals surface area contributed by atoms with Gasteiger partial charge in [0.05, 0.1) is 18.4 Å². The number of nitrogens with zero attached hydrogens (tertiary/aromatic N) is 1. The fourth-order valence-electron chi connectivity index (χ4n) is 2.90. The molecular formula is C20H19ClN2O5. The van der Waals surface area contributed by atoms with Gasteiger partial charge in [0.15, 0.2) is 6.61 Å². The van der Waals surface area contributed by atoms with Crippen LogP contribution in [0.5, 0.6) is 5.75 Å². The van der Waals surface area contributed by atoms with Gasteiger partial charge in [-0.3, -0.25) is 9.59 Å². The van der Waals surface area contributed by atoms with Crippen LogP contribution in [0.15, 0.2) is 42.5 Å². The van der Waals surface area contributed by atoms with E-state index in [-0.39, 0.29) is 11.5 Å². The van der Waals surface area contributed by atoms with Crippen LogP contribution < -0.4 is 15.0 Å². The Morgan fingerprint density at radius 2 is 2.04 bits per heavy atom. The molecule has 0 radical (unpaired) electrons. The summed E-state index contributed by atoms with van der Waals surface area (Å²) in [7, 11) is 1.47. The summed E-state index contributed by atoms with van der Waals surface area (Å²) in [6, 6.07) is 11.4. The van der Waals surface area contributed by atoms with Gasteiger partial charge in [0, 0.05) is 23.7 Å². The van der Waals surface area contributed by atoms with E-state index in [1.165, 1.54) is 13.2 Å². The van der Waals surface area contributed by atoms with Crippen LogP contribution in [0.25, 0.3) is 0 Å². The van der Waals surface area contributed by atoms with Crippen molar-refractivity contribution in [2.45, 2.75) is 12.8 Å². The topological polar surface area (TPSA) is 84.9 Å². The molecule has 1 heterocycles. The fraction of sp³-hybridized carbons (Fsp3) is 0.250.